The van der Waals surface area contributed by atoms with E-state index in [1.54, 1.807) is 4.52 Å². The Morgan fingerprint density at radius 2 is 2.24 bits per heavy atom. The Labute approximate surface area is 165 Å². The lowest BCUT2D eigenvalue weighted by Crippen LogP contribution is -2.44. The molecule has 1 saturated carbocycles. The van der Waals surface area contributed by atoms with Crippen molar-refractivity contribution in [1.29, 1.82) is 0 Å². The number of hydrogen-bond donors (Lipinski definition) is 1. The number of aromatic nitrogens is 3. The highest BCUT2D eigenvalue weighted by Crippen LogP contribution is 2.35. The van der Waals surface area contributed by atoms with Crippen LogP contribution in [0.2, 0.25) is 5.28 Å². The van der Waals surface area contributed by atoms with E-state index in [-0.39, 0.29) is 23.2 Å². The van der Waals surface area contributed by atoms with Gasteiger partial charge in [0.2, 0.25) is 5.28 Å². The van der Waals surface area contributed by atoms with Crippen LogP contribution in [0.5, 0.6) is 0 Å². The number of fused-ring (bicyclic) bond motifs is 1. The third-order valence-electron chi connectivity index (χ3n) is 4.89. The smallest absolute Gasteiger partial charge is 0.311 e. The molecule has 1 N–H and O–H groups in total. The molecule has 1 fully saturated rings. The van der Waals surface area contributed by atoms with E-state index in [2.05, 4.69) is 44.9 Å². The largest absolute Gasteiger partial charge is 0.466 e. The molecule has 25 heavy (non-hydrogen) atoms. The van der Waals surface area contributed by atoms with Crippen LogP contribution in [-0.4, -0.2) is 33.2 Å². The Bertz CT molecular complexity index is 766. The summed E-state index contributed by atoms with van der Waals surface area (Å²) in [5.74, 6) is 0.773. The average Bonchev–Trinajstić information content (AvgIpc) is 2.96. The van der Waals surface area contributed by atoms with Gasteiger partial charge in [-0.25, -0.2) is 4.52 Å². The van der Waals surface area contributed by atoms with Gasteiger partial charge in [-0.05, 0) is 72.0 Å². The second-order valence-corrected chi connectivity index (χ2v) is 7.75. The first-order valence-corrected chi connectivity index (χ1v) is 10.1. The Kier molecular flexibility index (Phi) is 6.04. The molecule has 0 aliphatic heterocycles. The Balaban J connectivity index is 1.95. The number of nitrogens with zero attached hydrogens (tertiary/aromatic N) is 3. The first-order chi connectivity index (χ1) is 12.0. The van der Waals surface area contributed by atoms with E-state index in [0.29, 0.717) is 18.3 Å². The van der Waals surface area contributed by atoms with Gasteiger partial charge in [-0.1, -0.05) is 19.8 Å². The van der Waals surface area contributed by atoms with Crippen molar-refractivity contribution in [3.8, 4) is 0 Å². The molecule has 136 valence electrons. The Morgan fingerprint density at radius 1 is 1.44 bits per heavy atom. The summed E-state index contributed by atoms with van der Waals surface area (Å²) in [6, 6.07) is 3.91. The Hall–Kier alpha value is -1.09. The molecule has 6 nitrogen and oxygen atoms in total. The number of carbonyl (C=O) groups is 1. The van der Waals surface area contributed by atoms with Gasteiger partial charge >= 0.3 is 5.97 Å². The molecule has 0 unspecified atom stereocenters. The molecule has 8 heteroatoms. The number of hydrogen-bond acceptors (Lipinski definition) is 5. The normalized spacial score (nSPS) is 23.6. The van der Waals surface area contributed by atoms with Crippen LogP contribution in [0.3, 0.4) is 0 Å². The topological polar surface area (TPSA) is 68.5 Å². The molecule has 2 aromatic rings. The van der Waals surface area contributed by atoms with E-state index >= 15 is 0 Å². The highest BCUT2D eigenvalue weighted by atomic mass is 127. The number of rotatable bonds is 5. The zero-order chi connectivity index (χ0) is 18.0. The molecule has 3 atom stereocenters. The standard InChI is InChI=1S/C17H22ClIN4O2/c1-3-10-6-5-7-11(16(24)25-4-2)14(10)20-15-12-8-9-13(19)23(12)22-17(18)21-15/h8-11,14H,3-7H2,1-2H3,(H,20,21,22)/t10-,11-,14-/m0/s1. The maximum absolute atomic E-state index is 12.5. The number of anilines is 1. The molecule has 0 bridgehead atoms. The molecule has 1 aliphatic carbocycles. The summed E-state index contributed by atoms with van der Waals surface area (Å²) in [7, 11) is 0. The first-order valence-electron chi connectivity index (χ1n) is 8.69. The van der Waals surface area contributed by atoms with Crippen molar-refractivity contribution in [1.82, 2.24) is 14.6 Å². The highest BCUT2D eigenvalue weighted by Gasteiger charge is 2.38. The van der Waals surface area contributed by atoms with Crippen LogP contribution in [0.15, 0.2) is 12.1 Å². The Morgan fingerprint density at radius 3 is 2.96 bits per heavy atom. The third-order valence-corrected chi connectivity index (χ3v) is 5.86. The molecule has 0 saturated heterocycles. The molecule has 2 aromatic heterocycles. The average molecular weight is 477 g/mol. The second-order valence-electron chi connectivity index (χ2n) is 6.31. The fourth-order valence-electron chi connectivity index (χ4n) is 3.68. The van der Waals surface area contributed by atoms with Crippen LogP contribution < -0.4 is 5.32 Å². The van der Waals surface area contributed by atoms with Gasteiger partial charge in [0, 0.05) is 6.04 Å². The maximum atomic E-state index is 12.5. The molecular formula is C17H22ClIN4O2. The van der Waals surface area contributed by atoms with Crippen LogP contribution in [0.1, 0.15) is 39.5 Å². The van der Waals surface area contributed by atoms with E-state index < -0.39 is 0 Å². The fourth-order valence-corrected chi connectivity index (χ4v) is 4.39. The summed E-state index contributed by atoms with van der Waals surface area (Å²) in [4.78, 5) is 16.9. The number of esters is 1. The summed E-state index contributed by atoms with van der Waals surface area (Å²) in [6.45, 7) is 4.41. The summed E-state index contributed by atoms with van der Waals surface area (Å²) in [5, 5.41) is 7.93. The SMILES string of the molecule is CCOC(=O)[C@H]1CCC[C@H](CC)[C@@H]1Nc1nc(Cl)nn2c(I)ccc12. The fraction of sp³-hybridized carbons (Fsp3) is 0.588. The van der Waals surface area contributed by atoms with E-state index in [9.17, 15) is 4.79 Å². The lowest BCUT2D eigenvalue weighted by atomic mass is 9.75. The number of nitrogens with one attached hydrogen (secondary N) is 1. The van der Waals surface area contributed by atoms with E-state index in [1.165, 1.54) is 0 Å². The molecule has 3 rings (SSSR count). The van der Waals surface area contributed by atoms with Crippen molar-refractivity contribution in [3.05, 3.63) is 21.1 Å². The van der Waals surface area contributed by atoms with Crippen LogP contribution in [0, 0.1) is 15.5 Å². The van der Waals surface area contributed by atoms with Gasteiger partial charge in [0.1, 0.15) is 9.22 Å². The van der Waals surface area contributed by atoms with Gasteiger partial charge in [0.05, 0.1) is 12.5 Å². The van der Waals surface area contributed by atoms with Gasteiger partial charge in [-0.3, -0.25) is 4.79 Å². The van der Waals surface area contributed by atoms with Crippen LogP contribution in [-0.2, 0) is 9.53 Å². The number of ether oxygens (including phenoxy) is 1. The molecule has 2 heterocycles. The second kappa shape index (κ2) is 8.07. The quantitative estimate of drug-likeness (QED) is 0.518. The summed E-state index contributed by atoms with van der Waals surface area (Å²) in [5.41, 5.74) is 0.858. The molecule has 0 spiro atoms. The minimum atomic E-state index is -0.165. The summed E-state index contributed by atoms with van der Waals surface area (Å²) >= 11 is 8.32. The highest BCUT2D eigenvalue weighted by molar-refractivity contribution is 14.1. The van der Waals surface area contributed by atoms with Crippen LogP contribution in [0.4, 0.5) is 5.82 Å². The molecule has 0 amide bonds. The molecule has 0 radical (unpaired) electrons. The lowest BCUT2D eigenvalue weighted by molar-refractivity contribution is -0.150. The minimum Gasteiger partial charge on any atom is -0.466 e. The summed E-state index contributed by atoms with van der Waals surface area (Å²) in [6.07, 6.45) is 3.97. The molecule has 0 aromatic carbocycles. The lowest BCUT2D eigenvalue weighted by Gasteiger charge is -2.37. The van der Waals surface area contributed by atoms with Crippen molar-refractivity contribution in [2.24, 2.45) is 11.8 Å². The van der Waals surface area contributed by atoms with Crippen LogP contribution in [0.25, 0.3) is 5.52 Å². The number of halogens is 2. The van der Waals surface area contributed by atoms with Crippen molar-refractivity contribution in [2.75, 3.05) is 11.9 Å². The van der Waals surface area contributed by atoms with Gasteiger partial charge in [0.15, 0.2) is 5.82 Å². The third kappa shape index (κ3) is 3.86. The first kappa shape index (κ1) is 18.7. The molecule has 1 aliphatic rings. The number of carbonyl (C=O) groups excluding carboxylic acids is 1. The van der Waals surface area contributed by atoms with Gasteiger partial charge in [0.25, 0.3) is 0 Å². The van der Waals surface area contributed by atoms with Crippen molar-refractivity contribution in [2.45, 2.75) is 45.6 Å². The van der Waals surface area contributed by atoms with Crippen LogP contribution >= 0.6 is 34.2 Å². The van der Waals surface area contributed by atoms with Crippen molar-refractivity contribution in [3.63, 3.8) is 0 Å². The minimum absolute atomic E-state index is 0.0138. The monoisotopic (exact) mass is 476 g/mol. The van der Waals surface area contributed by atoms with Crippen molar-refractivity contribution >= 4 is 51.5 Å². The predicted molar refractivity (Wildman–Crippen MR) is 106 cm³/mol. The van der Waals surface area contributed by atoms with Gasteiger partial charge in [-0.15, -0.1) is 5.10 Å². The van der Waals surface area contributed by atoms with Gasteiger partial charge in [-0.2, -0.15) is 4.98 Å². The van der Waals surface area contributed by atoms with Gasteiger partial charge < -0.3 is 10.1 Å². The zero-order valence-electron chi connectivity index (χ0n) is 14.3. The zero-order valence-corrected chi connectivity index (χ0v) is 17.2. The van der Waals surface area contributed by atoms with E-state index in [0.717, 1.165) is 34.9 Å². The molecular weight excluding hydrogens is 455 g/mol. The maximum Gasteiger partial charge on any atom is 0.311 e. The van der Waals surface area contributed by atoms with Crippen molar-refractivity contribution < 1.29 is 9.53 Å². The van der Waals surface area contributed by atoms with E-state index in [1.807, 2.05) is 19.1 Å². The summed E-state index contributed by atoms with van der Waals surface area (Å²) < 4.78 is 8.03. The predicted octanol–water partition coefficient (Wildman–Crippen LogP) is 4.16. The van der Waals surface area contributed by atoms with E-state index in [4.69, 9.17) is 16.3 Å².